The highest BCUT2D eigenvalue weighted by atomic mass is 19.1. The molecule has 5 amide bonds. The van der Waals surface area contributed by atoms with Gasteiger partial charge in [-0.3, -0.25) is 28.9 Å². The minimum absolute atomic E-state index is 0.0165. The summed E-state index contributed by atoms with van der Waals surface area (Å²) in [7, 11) is 0. The number of halogens is 1. The van der Waals surface area contributed by atoms with Crippen molar-refractivity contribution in [3.63, 3.8) is 0 Å². The number of hydrogen-bond donors (Lipinski definition) is 4. The molecule has 6 aromatic rings. The lowest BCUT2D eigenvalue weighted by atomic mass is 9.79. The number of carbonyl (C=O) groups is 5. The number of carbonyl (C=O) groups excluding carboxylic acids is 5. The number of rotatable bonds is 19. The number of nitrogens with one attached hydrogen (secondary N) is 4. The van der Waals surface area contributed by atoms with Crippen LogP contribution in [0.15, 0.2) is 108 Å². The second-order valence-corrected chi connectivity index (χ2v) is 20.7. The highest BCUT2D eigenvalue weighted by molar-refractivity contribution is 6.04. The first-order valence-electron chi connectivity index (χ1n) is 25.8. The normalized spacial score (nSPS) is 14.2. The molecule has 2 aromatic heterocycles. The molecule has 76 heavy (non-hydrogen) atoms. The number of H-pyrrole nitrogens is 1. The molecule has 4 N–H and O–H groups in total. The molecule has 2 saturated heterocycles. The number of ether oxygens (including phenoxy) is 2. The van der Waals surface area contributed by atoms with Crippen LogP contribution in [0.4, 0.5) is 14.9 Å². The van der Waals surface area contributed by atoms with E-state index in [1.54, 1.807) is 67.1 Å². The van der Waals surface area contributed by atoms with Gasteiger partial charge in [0.05, 0.1) is 42.1 Å². The number of fused-ring (bicyclic) bond motifs is 1. The summed E-state index contributed by atoms with van der Waals surface area (Å²) in [5.41, 5.74) is 4.56. The molecule has 2 aliphatic heterocycles. The third kappa shape index (κ3) is 13.9. The largest absolute Gasteiger partial charge is 0.444 e. The third-order valence-electron chi connectivity index (χ3n) is 13.7. The van der Waals surface area contributed by atoms with Gasteiger partial charge in [-0.2, -0.15) is 5.10 Å². The molecule has 18 heteroatoms. The second kappa shape index (κ2) is 24.2. The molecule has 0 bridgehead atoms. The fourth-order valence-electron chi connectivity index (χ4n) is 9.44. The number of piperazine rings is 1. The second-order valence-electron chi connectivity index (χ2n) is 20.7. The van der Waals surface area contributed by atoms with Gasteiger partial charge in [0.1, 0.15) is 18.0 Å². The number of amides is 5. The number of hydrogen-bond acceptors (Lipinski definition) is 11. The number of aromatic nitrogens is 3. The predicted molar refractivity (Wildman–Crippen MR) is 287 cm³/mol. The van der Waals surface area contributed by atoms with Crippen LogP contribution in [0.25, 0.3) is 21.9 Å². The number of pyridine rings is 1. The van der Waals surface area contributed by atoms with Crippen LogP contribution in [-0.4, -0.2) is 131 Å². The quantitative estimate of drug-likeness (QED) is 0.0604. The third-order valence-corrected chi connectivity index (χ3v) is 13.7. The Kier molecular flexibility index (Phi) is 17.4. The Morgan fingerprint density at radius 1 is 0.829 bits per heavy atom. The van der Waals surface area contributed by atoms with E-state index in [4.69, 9.17) is 9.47 Å². The van der Waals surface area contributed by atoms with E-state index in [2.05, 4.69) is 38.1 Å². The van der Waals surface area contributed by atoms with Crippen molar-refractivity contribution in [2.24, 2.45) is 5.41 Å². The van der Waals surface area contributed by atoms with Crippen LogP contribution in [0.2, 0.25) is 0 Å². The molecular formula is C58H66FN9O8. The summed E-state index contributed by atoms with van der Waals surface area (Å²) in [4.78, 5) is 89.7. The maximum atomic E-state index is 15.1. The lowest BCUT2D eigenvalue weighted by molar-refractivity contribution is -0.132. The first-order valence-corrected chi connectivity index (χ1v) is 25.8. The lowest BCUT2D eigenvalue weighted by Crippen LogP contribution is -2.52. The van der Waals surface area contributed by atoms with Gasteiger partial charge in [-0.1, -0.05) is 85.3 Å². The van der Waals surface area contributed by atoms with Gasteiger partial charge in [0.2, 0.25) is 11.8 Å². The van der Waals surface area contributed by atoms with E-state index in [9.17, 15) is 28.8 Å². The van der Waals surface area contributed by atoms with Gasteiger partial charge in [0.15, 0.2) is 5.69 Å². The van der Waals surface area contributed by atoms with Crippen LogP contribution in [0.5, 0.6) is 0 Å². The highest BCUT2D eigenvalue weighted by Gasteiger charge is 2.38. The molecule has 2 aliphatic rings. The monoisotopic (exact) mass is 1040 g/mol. The molecule has 0 aliphatic carbocycles. The SMILES string of the molecule is CCc1cccc(-c2cnc(C(=O)NCCC3(CCNCC(=O)N4CCN(C(=O)c5cc(Cc6n[nH]c(=O)c7ccccc67)ccc5F)CC4)COC3)c(NC(=O)CN(Cc3cccc(C)c3)C(=O)OC(C)(C)C)c2)c1. The Morgan fingerprint density at radius 3 is 2.28 bits per heavy atom. The van der Waals surface area contributed by atoms with Gasteiger partial charge in [0, 0.05) is 68.3 Å². The van der Waals surface area contributed by atoms with E-state index in [1.165, 1.54) is 17.0 Å². The zero-order valence-corrected chi connectivity index (χ0v) is 43.8. The van der Waals surface area contributed by atoms with Gasteiger partial charge in [0.25, 0.3) is 17.4 Å². The molecule has 0 spiro atoms. The number of aromatic amines is 1. The van der Waals surface area contributed by atoms with E-state index >= 15 is 4.39 Å². The summed E-state index contributed by atoms with van der Waals surface area (Å²) in [6.45, 7) is 12.0. The van der Waals surface area contributed by atoms with Crippen molar-refractivity contribution in [1.82, 2.24) is 40.5 Å². The number of benzene rings is 4. The summed E-state index contributed by atoms with van der Waals surface area (Å²) in [6, 6.07) is 28.8. The predicted octanol–water partition coefficient (Wildman–Crippen LogP) is 7.06. The minimum Gasteiger partial charge on any atom is -0.444 e. The minimum atomic E-state index is -0.801. The van der Waals surface area contributed by atoms with E-state index < -0.39 is 35.2 Å². The van der Waals surface area contributed by atoms with Crippen molar-refractivity contribution in [1.29, 1.82) is 0 Å². The van der Waals surface area contributed by atoms with Crippen LogP contribution in [0.1, 0.15) is 89.3 Å². The van der Waals surface area contributed by atoms with Crippen molar-refractivity contribution in [2.45, 2.75) is 72.4 Å². The summed E-state index contributed by atoms with van der Waals surface area (Å²) in [5, 5.41) is 17.1. The summed E-state index contributed by atoms with van der Waals surface area (Å²) in [6.07, 6.45) is 3.32. The van der Waals surface area contributed by atoms with Gasteiger partial charge in [-0.15, -0.1) is 0 Å². The van der Waals surface area contributed by atoms with Crippen molar-refractivity contribution in [3.05, 3.63) is 159 Å². The van der Waals surface area contributed by atoms with Gasteiger partial charge in [-0.05, 0) is 100 Å². The molecule has 0 atom stereocenters. The molecule has 17 nitrogen and oxygen atoms in total. The fraction of sp³-hybridized carbons (Fsp3) is 0.379. The standard InChI is InChI=1S/C58H66FN9O8/c1-6-39-12-10-14-42(28-39)43-31-49(63-50(69)35-68(56(74)76-57(3,4)5)34-41-13-9-11-38(2)27-41)52(62-32-43)54(72)61-22-20-58(36-75-37-58)19-21-60-33-51(70)66-23-25-67(26-24-66)55(73)46-29-40(17-18-47(46)59)30-48-44-15-7-8-16-45(44)53(71)65-64-48/h7-18,27-29,31-32,60H,6,19-26,30,33-37H2,1-5H3,(H,61,72)(H,63,69)(H,65,71). The number of aryl methyl sites for hydroxylation is 2. The van der Waals surface area contributed by atoms with Crippen LogP contribution in [-0.2, 0) is 38.4 Å². The molecule has 0 unspecified atom stereocenters. The zero-order valence-electron chi connectivity index (χ0n) is 43.8. The van der Waals surface area contributed by atoms with E-state index in [0.717, 1.165) is 28.7 Å². The molecule has 0 radical (unpaired) electrons. The Labute approximate surface area is 441 Å². The average Bonchev–Trinajstić information content (AvgIpc) is 3.39. The molecular weight excluding hydrogens is 970 g/mol. The molecule has 8 rings (SSSR count). The first-order chi connectivity index (χ1) is 36.5. The van der Waals surface area contributed by atoms with Crippen molar-refractivity contribution in [3.8, 4) is 11.1 Å². The van der Waals surface area contributed by atoms with Crippen LogP contribution in [0.3, 0.4) is 0 Å². The van der Waals surface area contributed by atoms with Gasteiger partial charge in [-0.25, -0.2) is 19.3 Å². The van der Waals surface area contributed by atoms with Crippen LogP contribution in [0, 0.1) is 18.2 Å². The van der Waals surface area contributed by atoms with Crippen LogP contribution < -0.4 is 21.5 Å². The number of nitrogens with zero attached hydrogens (tertiary/aromatic N) is 5. The molecule has 0 saturated carbocycles. The topological polar surface area (TPSA) is 208 Å². The fourth-order valence-corrected chi connectivity index (χ4v) is 9.44. The zero-order chi connectivity index (χ0) is 54.0. The van der Waals surface area contributed by atoms with Crippen molar-refractivity contribution >= 4 is 46.2 Å². The molecule has 4 aromatic carbocycles. The van der Waals surface area contributed by atoms with Gasteiger partial charge >= 0.3 is 6.09 Å². The van der Waals surface area contributed by atoms with E-state index in [0.29, 0.717) is 79.8 Å². The lowest BCUT2D eigenvalue weighted by Gasteiger charge is -2.42. The van der Waals surface area contributed by atoms with Crippen molar-refractivity contribution in [2.75, 3.05) is 70.9 Å². The van der Waals surface area contributed by atoms with E-state index in [1.807, 2.05) is 61.5 Å². The van der Waals surface area contributed by atoms with Crippen molar-refractivity contribution < 1.29 is 37.8 Å². The van der Waals surface area contributed by atoms with E-state index in [-0.39, 0.29) is 73.0 Å². The Bertz CT molecular complexity index is 3160. The Balaban J connectivity index is 0.830. The highest BCUT2D eigenvalue weighted by Crippen LogP contribution is 2.35. The summed E-state index contributed by atoms with van der Waals surface area (Å²) >= 11 is 0. The molecule has 398 valence electrons. The Morgan fingerprint density at radius 2 is 1.55 bits per heavy atom. The maximum Gasteiger partial charge on any atom is 0.411 e. The maximum absolute atomic E-state index is 15.1. The molecule has 2 fully saturated rings. The summed E-state index contributed by atoms with van der Waals surface area (Å²) in [5.74, 6) is -2.24. The summed E-state index contributed by atoms with van der Waals surface area (Å²) < 4.78 is 26.5. The Hall–Kier alpha value is -7.83. The van der Waals surface area contributed by atoms with Crippen LogP contribution >= 0.6 is 0 Å². The average molecular weight is 1040 g/mol. The number of anilines is 1. The van der Waals surface area contributed by atoms with Gasteiger partial charge < -0.3 is 35.2 Å². The molecule has 4 heterocycles. The first kappa shape index (κ1) is 54.4. The smallest absolute Gasteiger partial charge is 0.411 e.